The van der Waals surface area contributed by atoms with Crippen molar-refractivity contribution in [2.75, 3.05) is 6.61 Å². The Kier molecular flexibility index (Phi) is 4.44. The number of carbonyl (C=O) groups is 1. The maximum Gasteiger partial charge on any atom is 0.334 e. The van der Waals surface area contributed by atoms with E-state index in [2.05, 4.69) is 24.6 Å². The van der Waals surface area contributed by atoms with Gasteiger partial charge in [0.25, 0.3) is 5.17 Å². The lowest BCUT2D eigenvalue weighted by atomic mass is 9.84. The number of ether oxygens (including phenoxy) is 3. The third kappa shape index (κ3) is 3.21. The summed E-state index contributed by atoms with van der Waals surface area (Å²) in [5.74, 6) is -0.295. The third-order valence-electron chi connectivity index (χ3n) is 5.54. The van der Waals surface area contributed by atoms with Crippen molar-refractivity contribution < 1.29 is 19.0 Å². The summed E-state index contributed by atoms with van der Waals surface area (Å²) in [5.41, 5.74) is 1.50. The minimum Gasteiger partial charge on any atom is -0.466 e. The molecule has 3 heterocycles. The molecular formula is C19H22N2O4S. The zero-order valence-corrected chi connectivity index (χ0v) is 15.5. The molecule has 7 heteroatoms. The number of imidazole rings is 1. The number of aromatic nitrogens is 2. The first-order chi connectivity index (χ1) is 12.5. The average molecular weight is 374 g/mol. The van der Waals surface area contributed by atoms with E-state index in [1.54, 1.807) is 23.3 Å². The van der Waals surface area contributed by atoms with Gasteiger partial charge in [-0.15, -0.1) is 0 Å². The second-order valence-corrected chi connectivity index (χ2v) is 7.67. The number of hydrogen-bond donors (Lipinski definition) is 0. The van der Waals surface area contributed by atoms with Crippen LogP contribution in [-0.4, -0.2) is 45.1 Å². The molecule has 0 unspecified atom stereocenters. The summed E-state index contributed by atoms with van der Waals surface area (Å²) in [6.45, 7) is 6.46. The molecule has 2 aliphatic heterocycles. The van der Waals surface area contributed by atoms with E-state index >= 15 is 0 Å². The molecule has 0 N–H and O–H groups in total. The molecule has 0 bridgehead atoms. The normalized spacial score (nSPS) is 35.6. The van der Waals surface area contributed by atoms with Crippen molar-refractivity contribution in [2.45, 2.75) is 50.4 Å². The van der Waals surface area contributed by atoms with Gasteiger partial charge in [-0.05, 0) is 50.4 Å². The van der Waals surface area contributed by atoms with E-state index in [-0.39, 0.29) is 29.7 Å². The number of thiocarbonyl (C=S) groups is 1. The van der Waals surface area contributed by atoms with Gasteiger partial charge in [0.05, 0.1) is 5.60 Å². The largest absolute Gasteiger partial charge is 0.466 e. The number of nitrogens with zero attached hydrogens (tertiary/aromatic N) is 2. The fraction of sp³-hybridized carbons (Fsp3) is 0.526. The molecule has 0 amide bonds. The van der Waals surface area contributed by atoms with E-state index < -0.39 is 0 Å². The standard InChI is InChI=1S/C19H22N2O4S/c1-12-14-6-5-13(10-23-18(26)21-9-8-20-11-21)4-3-7-19(2)16(25-19)15(14)24-17(12)22/h4,8-9,11,14-16H,1,3,5-7,10H2,2H3/b13-4+/t14-,15-,16-,19+/m0/s1. The number of rotatable bonds is 2. The number of allylic oxidation sites excluding steroid dienone is 1. The molecule has 0 spiro atoms. The van der Waals surface area contributed by atoms with Crippen molar-refractivity contribution >= 4 is 23.4 Å². The van der Waals surface area contributed by atoms with Crippen LogP contribution in [0.5, 0.6) is 0 Å². The molecule has 1 aromatic rings. The third-order valence-corrected chi connectivity index (χ3v) is 5.86. The summed E-state index contributed by atoms with van der Waals surface area (Å²) < 4.78 is 18.9. The summed E-state index contributed by atoms with van der Waals surface area (Å²) in [7, 11) is 0. The maximum absolute atomic E-state index is 12.0. The van der Waals surface area contributed by atoms with Crippen LogP contribution in [0.25, 0.3) is 0 Å². The van der Waals surface area contributed by atoms with Gasteiger partial charge in [0.15, 0.2) is 0 Å². The SMILES string of the molecule is C=C1C(=O)O[C@H]2[C@H]1CC/C(COC(=S)n1ccnc1)=C\CC[C@@]1(C)O[C@@H]21. The summed E-state index contributed by atoms with van der Waals surface area (Å²) in [5, 5.41) is 0.375. The Labute approximate surface area is 157 Å². The van der Waals surface area contributed by atoms with E-state index in [0.717, 1.165) is 25.7 Å². The van der Waals surface area contributed by atoms with Gasteiger partial charge in [-0.3, -0.25) is 4.57 Å². The lowest BCUT2D eigenvalue weighted by Gasteiger charge is -2.20. The van der Waals surface area contributed by atoms with Crippen LogP contribution >= 0.6 is 12.2 Å². The highest BCUT2D eigenvalue weighted by Crippen LogP contribution is 2.49. The Bertz CT molecular complexity index is 773. The summed E-state index contributed by atoms with van der Waals surface area (Å²) in [4.78, 5) is 16.0. The molecule has 1 aliphatic carbocycles. The van der Waals surface area contributed by atoms with Crippen molar-refractivity contribution in [1.29, 1.82) is 0 Å². The lowest BCUT2D eigenvalue weighted by Crippen LogP contribution is -2.29. The van der Waals surface area contributed by atoms with E-state index in [4.69, 9.17) is 26.4 Å². The number of epoxide rings is 1. The Morgan fingerprint density at radius 1 is 1.58 bits per heavy atom. The van der Waals surface area contributed by atoms with Crippen molar-refractivity contribution in [3.8, 4) is 0 Å². The van der Waals surface area contributed by atoms with E-state index in [1.807, 2.05) is 0 Å². The molecule has 1 aromatic heterocycles. The van der Waals surface area contributed by atoms with Gasteiger partial charge < -0.3 is 14.2 Å². The van der Waals surface area contributed by atoms with Gasteiger partial charge in [0, 0.05) is 23.9 Å². The number of hydrogen-bond acceptors (Lipinski definition) is 6. The van der Waals surface area contributed by atoms with Crippen LogP contribution in [0.4, 0.5) is 0 Å². The molecule has 4 rings (SSSR count). The first-order valence-electron chi connectivity index (χ1n) is 8.88. The monoisotopic (exact) mass is 374 g/mol. The second-order valence-electron chi connectivity index (χ2n) is 7.32. The Morgan fingerprint density at radius 3 is 3.19 bits per heavy atom. The topological polar surface area (TPSA) is 65.9 Å². The lowest BCUT2D eigenvalue weighted by molar-refractivity contribution is -0.140. The molecular weight excluding hydrogens is 352 g/mol. The number of esters is 1. The highest BCUT2D eigenvalue weighted by Gasteiger charge is 2.61. The van der Waals surface area contributed by atoms with Gasteiger partial charge in [0.2, 0.25) is 0 Å². The summed E-state index contributed by atoms with van der Waals surface area (Å²) >= 11 is 5.28. The van der Waals surface area contributed by atoms with Crippen molar-refractivity contribution in [2.24, 2.45) is 5.92 Å². The zero-order valence-electron chi connectivity index (χ0n) is 14.7. The fourth-order valence-electron chi connectivity index (χ4n) is 3.85. The molecule has 4 atom stereocenters. The van der Waals surface area contributed by atoms with Crippen LogP contribution in [0.2, 0.25) is 0 Å². The molecule has 2 fully saturated rings. The molecule has 0 aromatic carbocycles. The smallest absolute Gasteiger partial charge is 0.334 e. The fourth-order valence-corrected chi connectivity index (χ4v) is 4.01. The van der Waals surface area contributed by atoms with Crippen LogP contribution in [0, 0.1) is 5.92 Å². The molecule has 0 radical (unpaired) electrons. The predicted molar refractivity (Wildman–Crippen MR) is 98.5 cm³/mol. The quantitative estimate of drug-likeness (QED) is 0.261. The van der Waals surface area contributed by atoms with Gasteiger partial charge in [-0.2, -0.15) is 0 Å². The van der Waals surface area contributed by atoms with Crippen LogP contribution in [-0.2, 0) is 19.0 Å². The molecule has 2 saturated heterocycles. The van der Waals surface area contributed by atoms with Gasteiger partial charge >= 0.3 is 5.97 Å². The van der Waals surface area contributed by atoms with Crippen molar-refractivity contribution in [3.63, 3.8) is 0 Å². The van der Waals surface area contributed by atoms with Crippen molar-refractivity contribution in [1.82, 2.24) is 9.55 Å². The Balaban J connectivity index is 1.45. The highest BCUT2D eigenvalue weighted by molar-refractivity contribution is 7.80. The molecule has 3 aliphatic rings. The van der Waals surface area contributed by atoms with Crippen molar-refractivity contribution in [3.05, 3.63) is 42.5 Å². The van der Waals surface area contributed by atoms with Gasteiger partial charge in [0.1, 0.15) is 25.1 Å². The van der Waals surface area contributed by atoms with E-state index in [1.165, 1.54) is 5.57 Å². The maximum atomic E-state index is 12.0. The van der Waals surface area contributed by atoms with E-state index in [0.29, 0.717) is 17.4 Å². The van der Waals surface area contributed by atoms with E-state index in [9.17, 15) is 4.79 Å². The first kappa shape index (κ1) is 17.4. The van der Waals surface area contributed by atoms with Crippen LogP contribution in [0.1, 0.15) is 32.6 Å². The first-order valence-corrected chi connectivity index (χ1v) is 9.29. The molecule has 26 heavy (non-hydrogen) atoms. The van der Waals surface area contributed by atoms with Crippen LogP contribution in [0.15, 0.2) is 42.5 Å². The Morgan fingerprint density at radius 2 is 2.42 bits per heavy atom. The van der Waals surface area contributed by atoms with Crippen LogP contribution in [0.3, 0.4) is 0 Å². The Hall–Kier alpha value is -1.99. The minimum absolute atomic E-state index is 0.00331. The summed E-state index contributed by atoms with van der Waals surface area (Å²) in [6, 6.07) is 0. The van der Waals surface area contributed by atoms with Gasteiger partial charge in [-0.25, -0.2) is 9.78 Å². The summed E-state index contributed by atoms with van der Waals surface area (Å²) in [6.07, 6.45) is 10.4. The predicted octanol–water partition coefficient (Wildman–Crippen LogP) is 2.79. The average Bonchev–Trinajstić information content (AvgIpc) is 2.98. The highest BCUT2D eigenvalue weighted by atomic mass is 32.1. The second kappa shape index (κ2) is 6.63. The number of carbonyl (C=O) groups excluding carboxylic acids is 1. The zero-order chi connectivity index (χ0) is 18.3. The van der Waals surface area contributed by atoms with Crippen LogP contribution < -0.4 is 0 Å². The van der Waals surface area contributed by atoms with Gasteiger partial charge in [-0.1, -0.05) is 12.7 Å². The molecule has 6 nitrogen and oxygen atoms in total. The minimum atomic E-state index is -0.292. The molecule has 0 saturated carbocycles. The number of fused-ring (bicyclic) bond motifs is 3. The molecule has 138 valence electrons.